The first-order chi connectivity index (χ1) is 13.1. The van der Waals surface area contributed by atoms with E-state index in [0.29, 0.717) is 18.8 Å². The van der Waals surface area contributed by atoms with Crippen molar-refractivity contribution >= 4 is 5.91 Å². The van der Waals surface area contributed by atoms with Gasteiger partial charge in [-0.25, -0.2) is 0 Å². The Kier molecular flexibility index (Phi) is 7.00. The smallest absolute Gasteiger partial charge is 0.220 e. The third kappa shape index (κ3) is 5.16. The largest absolute Gasteiger partial charge is 0.497 e. The molecule has 1 aromatic rings. The van der Waals surface area contributed by atoms with Gasteiger partial charge >= 0.3 is 0 Å². The third-order valence-electron chi connectivity index (χ3n) is 6.29. The summed E-state index contributed by atoms with van der Waals surface area (Å²) in [5.74, 6) is 2.28. The number of nitrogens with one attached hydrogen (secondary N) is 1. The highest BCUT2D eigenvalue weighted by Crippen LogP contribution is 2.30. The summed E-state index contributed by atoms with van der Waals surface area (Å²) < 4.78 is 10.7. The van der Waals surface area contributed by atoms with Gasteiger partial charge in [0.05, 0.1) is 14.2 Å². The van der Waals surface area contributed by atoms with Gasteiger partial charge in [0, 0.05) is 25.0 Å². The molecule has 0 unspecified atom stereocenters. The highest BCUT2D eigenvalue weighted by Gasteiger charge is 2.31. The van der Waals surface area contributed by atoms with Crippen molar-refractivity contribution in [2.24, 2.45) is 5.92 Å². The minimum absolute atomic E-state index is 0.119. The second-order valence-corrected chi connectivity index (χ2v) is 8.02. The quantitative estimate of drug-likeness (QED) is 0.758. The van der Waals surface area contributed by atoms with Crippen molar-refractivity contribution in [1.29, 1.82) is 0 Å². The maximum absolute atomic E-state index is 12.5. The first-order valence-corrected chi connectivity index (χ1v) is 10.3. The zero-order valence-corrected chi connectivity index (χ0v) is 17.0. The monoisotopic (exact) mass is 374 g/mol. The fraction of sp³-hybridized carbons (Fsp3) is 0.682. The summed E-state index contributed by atoms with van der Waals surface area (Å²) in [6, 6.07) is 6.75. The Morgan fingerprint density at radius 3 is 2.70 bits per heavy atom. The van der Waals surface area contributed by atoms with Crippen LogP contribution < -0.4 is 14.8 Å². The van der Waals surface area contributed by atoms with Crippen LogP contribution in [0.5, 0.6) is 11.5 Å². The maximum atomic E-state index is 12.5. The summed E-state index contributed by atoms with van der Waals surface area (Å²) in [5, 5.41) is 3.24. The minimum Gasteiger partial charge on any atom is -0.497 e. The van der Waals surface area contributed by atoms with Crippen LogP contribution in [0.4, 0.5) is 0 Å². The third-order valence-corrected chi connectivity index (χ3v) is 6.29. The van der Waals surface area contributed by atoms with E-state index in [4.69, 9.17) is 9.47 Å². The van der Waals surface area contributed by atoms with Crippen LogP contribution in [0.25, 0.3) is 0 Å². The van der Waals surface area contributed by atoms with E-state index in [2.05, 4.69) is 17.1 Å². The summed E-state index contributed by atoms with van der Waals surface area (Å²) in [4.78, 5) is 15.2. The zero-order chi connectivity index (χ0) is 19.2. The van der Waals surface area contributed by atoms with Gasteiger partial charge in [0.2, 0.25) is 5.91 Å². The van der Waals surface area contributed by atoms with Gasteiger partial charge in [-0.1, -0.05) is 6.42 Å². The molecule has 1 saturated heterocycles. The van der Waals surface area contributed by atoms with Crippen LogP contribution in [0, 0.1) is 5.92 Å². The predicted octanol–water partition coefficient (Wildman–Crippen LogP) is 3.41. The van der Waals surface area contributed by atoms with Crippen molar-refractivity contribution < 1.29 is 14.3 Å². The number of ether oxygens (including phenoxy) is 2. The molecule has 5 heteroatoms. The van der Waals surface area contributed by atoms with Crippen LogP contribution >= 0.6 is 0 Å². The maximum Gasteiger partial charge on any atom is 0.220 e. The van der Waals surface area contributed by atoms with E-state index in [0.717, 1.165) is 29.6 Å². The number of benzene rings is 1. The first-order valence-electron chi connectivity index (χ1n) is 10.3. The van der Waals surface area contributed by atoms with Crippen molar-refractivity contribution in [1.82, 2.24) is 10.2 Å². The van der Waals surface area contributed by atoms with Crippen LogP contribution in [0.15, 0.2) is 18.2 Å². The number of hydrogen-bond acceptors (Lipinski definition) is 4. The molecule has 2 aliphatic rings. The lowest BCUT2D eigenvalue weighted by atomic mass is 9.85. The Morgan fingerprint density at radius 1 is 1.22 bits per heavy atom. The van der Waals surface area contributed by atoms with Gasteiger partial charge < -0.3 is 19.7 Å². The molecule has 1 saturated carbocycles. The fourth-order valence-electron chi connectivity index (χ4n) is 4.30. The molecule has 2 fully saturated rings. The molecule has 150 valence electrons. The van der Waals surface area contributed by atoms with E-state index < -0.39 is 0 Å². The normalized spacial score (nSPS) is 22.0. The SMILES string of the molecule is COc1ccc(OC)c(CCC(=O)N[C@H](C)[C@@H]2CCCN(C3CCC3)C2)c1. The van der Waals surface area contributed by atoms with Gasteiger partial charge in [-0.05, 0) is 75.3 Å². The van der Waals surface area contributed by atoms with E-state index in [-0.39, 0.29) is 11.9 Å². The van der Waals surface area contributed by atoms with Crippen molar-refractivity contribution in [2.75, 3.05) is 27.3 Å². The molecule has 1 aliphatic carbocycles. The van der Waals surface area contributed by atoms with Crippen LogP contribution in [0.1, 0.15) is 51.0 Å². The van der Waals surface area contributed by atoms with Crippen LogP contribution in [-0.2, 0) is 11.2 Å². The van der Waals surface area contributed by atoms with E-state index in [1.807, 2.05) is 18.2 Å². The van der Waals surface area contributed by atoms with Gasteiger partial charge in [0.1, 0.15) is 11.5 Å². The number of amides is 1. The summed E-state index contributed by atoms with van der Waals surface area (Å²) in [6.07, 6.45) is 7.68. The Bertz CT molecular complexity index is 630. The topological polar surface area (TPSA) is 50.8 Å². The molecule has 1 aliphatic heterocycles. The van der Waals surface area contributed by atoms with Gasteiger partial charge in [0.25, 0.3) is 0 Å². The number of piperidine rings is 1. The van der Waals surface area contributed by atoms with E-state index >= 15 is 0 Å². The first kappa shape index (κ1) is 20.0. The van der Waals surface area contributed by atoms with Crippen LogP contribution in [0.3, 0.4) is 0 Å². The van der Waals surface area contributed by atoms with Crippen molar-refractivity contribution in [3.63, 3.8) is 0 Å². The van der Waals surface area contributed by atoms with Crippen molar-refractivity contribution in [2.45, 2.75) is 64.0 Å². The van der Waals surface area contributed by atoms with Crippen molar-refractivity contribution in [3.05, 3.63) is 23.8 Å². The van der Waals surface area contributed by atoms with Crippen LogP contribution in [0.2, 0.25) is 0 Å². The molecule has 27 heavy (non-hydrogen) atoms. The Hall–Kier alpha value is -1.75. The molecule has 2 atom stereocenters. The molecule has 1 heterocycles. The molecule has 1 amide bonds. The highest BCUT2D eigenvalue weighted by molar-refractivity contribution is 5.76. The molecule has 0 radical (unpaired) electrons. The van der Waals surface area contributed by atoms with E-state index in [9.17, 15) is 4.79 Å². The number of hydrogen-bond donors (Lipinski definition) is 1. The Morgan fingerprint density at radius 2 is 2.04 bits per heavy atom. The zero-order valence-electron chi connectivity index (χ0n) is 17.0. The van der Waals surface area contributed by atoms with E-state index in [1.165, 1.54) is 38.6 Å². The summed E-state index contributed by atoms with van der Waals surface area (Å²) in [7, 11) is 3.31. The van der Waals surface area contributed by atoms with Crippen LogP contribution in [-0.4, -0.2) is 50.2 Å². The number of carbonyl (C=O) groups is 1. The molecule has 0 spiro atoms. The molecular weight excluding hydrogens is 340 g/mol. The lowest BCUT2D eigenvalue weighted by molar-refractivity contribution is -0.122. The number of likely N-dealkylation sites (tertiary alicyclic amines) is 1. The number of nitrogens with zero attached hydrogens (tertiary/aromatic N) is 1. The molecule has 1 N–H and O–H groups in total. The molecule has 0 bridgehead atoms. The van der Waals surface area contributed by atoms with Gasteiger partial charge in [-0.2, -0.15) is 0 Å². The summed E-state index contributed by atoms with van der Waals surface area (Å²) >= 11 is 0. The van der Waals surface area contributed by atoms with Crippen molar-refractivity contribution in [3.8, 4) is 11.5 Å². The summed E-state index contributed by atoms with van der Waals surface area (Å²) in [6.45, 7) is 4.53. The highest BCUT2D eigenvalue weighted by atomic mass is 16.5. The standard InChI is InChI=1S/C22H34N2O3/c1-16(18-6-5-13-24(15-18)19-7-4-8-19)23-22(25)12-9-17-14-20(26-2)10-11-21(17)27-3/h10-11,14,16,18-19H,4-9,12-13,15H2,1-3H3,(H,23,25)/t16-,18-/m1/s1. The number of carbonyl (C=O) groups excluding carboxylic acids is 1. The second kappa shape index (κ2) is 9.45. The molecule has 5 nitrogen and oxygen atoms in total. The van der Waals surface area contributed by atoms with Gasteiger partial charge in [-0.3, -0.25) is 4.79 Å². The minimum atomic E-state index is 0.119. The fourth-order valence-corrected chi connectivity index (χ4v) is 4.30. The molecule has 0 aromatic heterocycles. The average Bonchev–Trinajstić information content (AvgIpc) is 2.65. The van der Waals surface area contributed by atoms with Gasteiger partial charge in [0.15, 0.2) is 0 Å². The van der Waals surface area contributed by atoms with Gasteiger partial charge in [-0.15, -0.1) is 0 Å². The average molecular weight is 375 g/mol. The molecule has 1 aromatic carbocycles. The molecular formula is C22H34N2O3. The second-order valence-electron chi connectivity index (χ2n) is 8.02. The van der Waals surface area contributed by atoms with E-state index in [1.54, 1.807) is 14.2 Å². The molecule has 3 rings (SSSR count). The summed E-state index contributed by atoms with van der Waals surface area (Å²) in [5.41, 5.74) is 1.01. The lowest BCUT2D eigenvalue weighted by Gasteiger charge is -2.43. The predicted molar refractivity (Wildman–Crippen MR) is 107 cm³/mol. The Labute approximate surface area is 163 Å². The Balaban J connectivity index is 1.48. The number of rotatable bonds is 8. The number of aryl methyl sites for hydroxylation is 1. The number of methoxy groups -OCH3 is 2. The lowest BCUT2D eigenvalue weighted by Crippen LogP contribution is -2.50.